The highest BCUT2D eigenvalue weighted by molar-refractivity contribution is 7.92. The molecule has 0 bridgehead atoms. The number of carbonyl (C=O) groups is 2. The minimum atomic E-state index is -3.82. The summed E-state index contributed by atoms with van der Waals surface area (Å²) in [7, 11) is -3.82. The summed E-state index contributed by atoms with van der Waals surface area (Å²) in [5, 5.41) is 1.21. The second kappa shape index (κ2) is 9.45. The van der Waals surface area contributed by atoms with Crippen molar-refractivity contribution in [1.29, 1.82) is 0 Å². The summed E-state index contributed by atoms with van der Waals surface area (Å²) in [4.78, 5) is 23.6. The van der Waals surface area contributed by atoms with Gasteiger partial charge in [0.05, 0.1) is 5.02 Å². The molecule has 1 N–H and O–H groups in total. The molecule has 0 aliphatic heterocycles. The van der Waals surface area contributed by atoms with Gasteiger partial charge in [0.25, 0.3) is 0 Å². The van der Waals surface area contributed by atoms with Crippen molar-refractivity contribution in [2.75, 3.05) is 13.2 Å². The van der Waals surface area contributed by atoms with Gasteiger partial charge in [-0.25, -0.2) is 13.1 Å². The van der Waals surface area contributed by atoms with Crippen molar-refractivity contribution in [3.63, 3.8) is 0 Å². The number of ether oxygens (including phenoxy) is 1. The third-order valence-electron chi connectivity index (χ3n) is 3.47. The molecule has 2 aromatic carbocycles. The number of benzene rings is 2. The van der Waals surface area contributed by atoms with Crippen LogP contribution in [-0.2, 0) is 19.6 Å². The van der Waals surface area contributed by atoms with Gasteiger partial charge in [-0.3, -0.25) is 9.59 Å². The first kappa shape index (κ1) is 20.8. The summed E-state index contributed by atoms with van der Waals surface area (Å²) >= 11 is 5.89. The van der Waals surface area contributed by atoms with Crippen LogP contribution in [0.5, 0.6) is 0 Å². The lowest BCUT2D eigenvalue weighted by Crippen LogP contribution is -2.30. The molecule has 0 amide bonds. The van der Waals surface area contributed by atoms with Gasteiger partial charge in [-0.1, -0.05) is 53.6 Å². The molecule has 0 aromatic heterocycles. The Morgan fingerprint density at radius 3 is 2.44 bits per heavy atom. The van der Waals surface area contributed by atoms with Crippen LogP contribution in [-0.4, -0.2) is 33.3 Å². The molecular formula is C19H18ClNO5S. The monoisotopic (exact) mass is 407 g/mol. The largest absolute Gasteiger partial charge is 0.456 e. The third kappa shape index (κ3) is 6.97. The van der Waals surface area contributed by atoms with E-state index in [0.29, 0.717) is 5.56 Å². The summed E-state index contributed by atoms with van der Waals surface area (Å²) in [5.74, 6) is -1.35. The van der Waals surface area contributed by atoms with Gasteiger partial charge in [0.2, 0.25) is 15.8 Å². The maximum absolute atomic E-state index is 11.9. The van der Waals surface area contributed by atoms with Crippen LogP contribution in [0.2, 0.25) is 5.02 Å². The van der Waals surface area contributed by atoms with Gasteiger partial charge in [-0.05, 0) is 30.7 Å². The summed E-state index contributed by atoms with van der Waals surface area (Å²) in [6, 6.07) is 13.6. The molecule has 0 atom stereocenters. The van der Waals surface area contributed by atoms with Gasteiger partial charge in [0.15, 0.2) is 6.61 Å². The number of sulfonamides is 1. The first-order valence-corrected chi connectivity index (χ1v) is 9.87. The van der Waals surface area contributed by atoms with Crippen LogP contribution in [0.1, 0.15) is 21.5 Å². The van der Waals surface area contributed by atoms with Crippen LogP contribution in [0.25, 0.3) is 6.08 Å². The highest BCUT2D eigenvalue weighted by Gasteiger charge is 2.14. The maximum Gasteiger partial charge on any atom is 0.321 e. The van der Waals surface area contributed by atoms with E-state index >= 15 is 0 Å². The van der Waals surface area contributed by atoms with E-state index < -0.39 is 34.9 Å². The Morgan fingerprint density at radius 1 is 1.11 bits per heavy atom. The molecule has 8 heteroatoms. The molecule has 0 unspecified atom stereocenters. The van der Waals surface area contributed by atoms with E-state index in [1.807, 2.05) is 19.1 Å². The van der Waals surface area contributed by atoms with Gasteiger partial charge in [0.1, 0.15) is 6.54 Å². The van der Waals surface area contributed by atoms with Crippen molar-refractivity contribution in [2.24, 2.45) is 0 Å². The topological polar surface area (TPSA) is 89.5 Å². The van der Waals surface area contributed by atoms with E-state index in [9.17, 15) is 18.0 Å². The molecule has 0 heterocycles. The number of nitrogens with one attached hydrogen (secondary N) is 1. The highest BCUT2D eigenvalue weighted by Crippen LogP contribution is 2.15. The lowest BCUT2D eigenvalue weighted by atomic mass is 10.1. The fourth-order valence-corrected chi connectivity index (χ4v) is 3.01. The van der Waals surface area contributed by atoms with E-state index in [-0.39, 0.29) is 10.6 Å². The molecule has 0 aliphatic carbocycles. The van der Waals surface area contributed by atoms with Crippen molar-refractivity contribution >= 4 is 39.5 Å². The summed E-state index contributed by atoms with van der Waals surface area (Å²) in [6.45, 7) is 0.813. The fourth-order valence-electron chi connectivity index (χ4n) is 2.02. The molecule has 2 aromatic rings. The fraction of sp³-hybridized carbons (Fsp3) is 0.158. The number of Topliss-reactive ketones (excluding diaryl/α,β-unsaturated/α-hetero) is 1. The number of carbonyl (C=O) groups excluding carboxylic acids is 2. The van der Waals surface area contributed by atoms with Crippen molar-refractivity contribution in [1.82, 2.24) is 4.72 Å². The standard InChI is InChI=1S/C19H18ClNO5S/c1-14-6-8-15(9-7-14)10-11-27(24,25)21-12-19(23)26-13-18(22)16-4-2-3-5-17(16)20/h2-11,21H,12-13H2,1H3/b11-10+. The van der Waals surface area contributed by atoms with Crippen molar-refractivity contribution < 1.29 is 22.7 Å². The molecule has 6 nitrogen and oxygen atoms in total. The van der Waals surface area contributed by atoms with E-state index in [4.69, 9.17) is 16.3 Å². The summed E-state index contributed by atoms with van der Waals surface area (Å²) in [6.07, 6.45) is 1.41. The van der Waals surface area contributed by atoms with Gasteiger partial charge in [0, 0.05) is 11.0 Å². The van der Waals surface area contributed by atoms with Gasteiger partial charge in [-0.2, -0.15) is 0 Å². The minimum Gasteiger partial charge on any atom is -0.456 e. The molecule has 0 aliphatic rings. The average Bonchev–Trinajstić information content (AvgIpc) is 2.64. The molecule has 0 saturated heterocycles. The molecular weight excluding hydrogens is 390 g/mol. The van der Waals surface area contributed by atoms with Gasteiger partial charge < -0.3 is 4.74 Å². The number of halogens is 1. The van der Waals surface area contributed by atoms with Gasteiger partial charge >= 0.3 is 5.97 Å². The Hall–Kier alpha value is -2.48. The summed E-state index contributed by atoms with van der Waals surface area (Å²) in [5.41, 5.74) is 2.00. The number of rotatable bonds is 8. The maximum atomic E-state index is 11.9. The molecule has 142 valence electrons. The van der Waals surface area contributed by atoms with Crippen LogP contribution < -0.4 is 4.72 Å². The summed E-state index contributed by atoms with van der Waals surface area (Å²) < 4.78 is 30.7. The third-order valence-corrected chi connectivity index (χ3v) is 4.84. The lowest BCUT2D eigenvalue weighted by molar-refractivity contribution is -0.141. The van der Waals surface area contributed by atoms with Crippen molar-refractivity contribution in [3.05, 3.63) is 75.7 Å². The van der Waals surface area contributed by atoms with Crippen molar-refractivity contribution in [2.45, 2.75) is 6.92 Å². The SMILES string of the molecule is Cc1ccc(/C=C/S(=O)(=O)NCC(=O)OCC(=O)c2ccccc2Cl)cc1. The Kier molecular flexibility index (Phi) is 7.29. The van der Waals surface area contributed by atoms with E-state index in [1.165, 1.54) is 12.1 Å². The second-order valence-electron chi connectivity index (χ2n) is 5.64. The first-order valence-electron chi connectivity index (χ1n) is 7.94. The number of esters is 1. The number of hydrogen-bond acceptors (Lipinski definition) is 5. The van der Waals surface area contributed by atoms with Crippen LogP contribution in [0.4, 0.5) is 0 Å². The lowest BCUT2D eigenvalue weighted by Gasteiger charge is -2.06. The Labute approximate surface area is 162 Å². The zero-order valence-electron chi connectivity index (χ0n) is 14.5. The smallest absolute Gasteiger partial charge is 0.321 e. The predicted octanol–water partition coefficient (Wildman–Crippen LogP) is 2.96. The number of hydrogen-bond donors (Lipinski definition) is 1. The van der Waals surface area contributed by atoms with Gasteiger partial charge in [-0.15, -0.1) is 0 Å². The zero-order chi connectivity index (χ0) is 19.9. The molecule has 0 saturated carbocycles. The average molecular weight is 408 g/mol. The normalized spacial score (nSPS) is 11.5. The zero-order valence-corrected chi connectivity index (χ0v) is 16.1. The highest BCUT2D eigenvalue weighted by atomic mass is 35.5. The van der Waals surface area contributed by atoms with Crippen molar-refractivity contribution in [3.8, 4) is 0 Å². The number of ketones is 1. The quantitative estimate of drug-likeness (QED) is 0.536. The van der Waals surface area contributed by atoms with Crippen LogP contribution >= 0.6 is 11.6 Å². The van der Waals surface area contributed by atoms with Crippen LogP contribution in [0, 0.1) is 6.92 Å². The number of aryl methyl sites for hydroxylation is 1. The Morgan fingerprint density at radius 2 is 1.78 bits per heavy atom. The van der Waals surface area contributed by atoms with Crippen LogP contribution in [0.15, 0.2) is 53.9 Å². The second-order valence-corrected chi connectivity index (χ2v) is 7.70. The minimum absolute atomic E-state index is 0.230. The molecule has 2 rings (SSSR count). The molecule has 0 spiro atoms. The van der Waals surface area contributed by atoms with E-state index in [2.05, 4.69) is 4.72 Å². The van der Waals surface area contributed by atoms with Crippen LogP contribution in [0.3, 0.4) is 0 Å². The molecule has 0 radical (unpaired) electrons. The van der Waals surface area contributed by atoms with E-state index in [0.717, 1.165) is 11.0 Å². The first-order chi connectivity index (χ1) is 12.8. The Bertz CT molecular complexity index is 952. The van der Waals surface area contributed by atoms with E-state index in [1.54, 1.807) is 30.3 Å². The Balaban J connectivity index is 1.82. The molecule has 0 fully saturated rings. The predicted molar refractivity (Wildman–Crippen MR) is 104 cm³/mol. The molecule has 27 heavy (non-hydrogen) atoms.